The van der Waals surface area contributed by atoms with Crippen LogP contribution >= 0.6 is 15.9 Å². The number of nitrogen functional groups attached to an aromatic ring is 1. The molecule has 0 aliphatic heterocycles. The number of hydrogen-bond donors (Lipinski definition) is 1. The predicted molar refractivity (Wildman–Crippen MR) is 85.3 cm³/mol. The SMILES string of the molecule is Nc1ccc(Cn2cncc2-c2cccc(Br)c2)cc1. The second kappa shape index (κ2) is 5.51. The highest BCUT2D eigenvalue weighted by Gasteiger charge is 2.06. The molecule has 1 aromatic heterocycles. The molecular formula is C16H14BrN3. The van der Waals surface area contributed by atoms with Crippen LogP contribution in [0.2, 0.25) is 0 Å². The van der Waals surface area contributed by atoms with E-state index in [1.165, 1.54) is 5.56 Å². The van der Waals surface area contributed by atoms with Crippen LogP contribution < -0.4 is 5.73 Å². The standard InChI is InChI=1S/C16H14BrN3/c17-14-3-1-2-13(8-14)16-9-19-11-20(16)10-12-4-6-15(18)7-5-12/h1-9,11H,10,18H2. The van der Waals surface area contributed by atoms with E-state index in [1.807, 2.05) is 48.9 Å². The topological polar surface area (TPSA) is 43.8 Å². The van der Waals surface area contributed by atoms with Crippen LogP contribution in [-0.2, 0) is 6.54 Å². The van der Waals surface area contributed by atoms with E-state index in [0.29, 0.717) is 0 Å². The zero-order chi connectivity index (χ0) is 13.9. The van der Waals surface area contributed by atoms with Gasteiger partial charge in [0.15, 0.2) is 0 Å². The van der Waals surface area contributed by atoms with Gasteiger partial charge in [0.25, 0.3) is 0 Å². The minimum absolute atomic E-state index is 0.780. The Morgan fingerprint density at radius 3 is 2.65 bits per heavy atom. The van der Waals surface area contributed by atoms with Crippen molar-refractivity contribution in [1.29, 1.82) is 0 Å². The van der Waals surface area contributed by atoms with Gasteiger partial charge in [-0.15, -0.1) is 0 Å². The number of nitrogens with two attached hydrogens (primary N) is 1. The van der Waals surface area contributed by atoms with Gasteiger partial charge in [-0.05, 0) is 29.8 Å². The summed E-state index contributed by atoms with van der Waals surface area (Å²) in [5.41, 5.74) is 9.95. The maximum atomic E-state index is 5.71. The predicted octanol–water partition coefficient (Wildman–Crippen LogP) is 3.94. The van der Waals surface area contributed by atoms with Crippen LogP contribution in [0.5, 0.6) is 0 Å². The summed E-state index contributed by atoms with van der Waals surface area (Å²) in [4.78, 5) is 4.26. The third-order valence-electron chi connectivity index (χ3n) is 3.17. The third kappa shape index (κ3) is 2.75. The van der Waals surface area contributed by atoms with Gasteiger partial charge in [0.05, 0.1) is 18.2 Å². The van der Waals surface area contributed by atoms with Gasteiger partial charge in [-0.25, -0.2) is 4.98 Å². The van der Waals surface area contributed by atoms with Crippen LogP contribution in [0, 0.1) is 0 Å². The van der Waals surface area contributed by atoms with Crippen molar-refractivity contribution in [2.24, 2.45) is 0 Å². The normalized spacial score (nSPS) is 10.7. The molecule has 3 nitrogen and oxygen atoms in total. The molecule has 0 saturated heterocycles. The van der Waals surface area contributed by atoms with Crippen LogP contribution in [0.25, 0.3) is 11.3 Å². The van der Waals surface area contributed by atoms with Gasteiger partial charge in [-0.3, -0.25) is 0 Å². The summed E-state index contributed by atoms with van der Waals surface area (Å²) < 4.78 is 3.20. The van der Waals surface area contributed by atoms with Crippen molar-refractivity contribution < 1.29 is 0 Å². The highest BCUT2D eigenvalue weighted by atomic mass is 79.9. The molecule has 0 aliphatic rings. The smallest absolute Gasteiger partial charge is 0.0954 e. The van der Waals surface area contributed by atoms with Gasteiger partial charge in [0.2, 0.25) is 0 Å². The van der Waals surface area contributed by atoms with Gasteiger partial charge < -0.3 is 10.3 Å². The van der Waals surface area contributed by atoms with E-state index in [1.54, 1.807) is 0 Å². The van der Waals surface area contributed by atoms with Crippen molar-refractivity contribution in [3.63, 3.8) is 0 Å². The number of nitrogens with zero attached hydrogens (tertiary/aromatic N) is 2. The van der Waals surface area contributed by atoms with Crippen LogP contribution in [0.15, 0.2) is 65.5 Å². The Hall–Kier alpha value is -2.07. The second-order valence-electron chi connectivity index (χ2n) is 4.66. The molecule has 0 bridgehead atoms. The quantitative estimate of drug-likeness (QED) is 0.740. The molecule has 0 amide bonds. The molecule has 2 N–H and O–H groups in total. The van der Waals surface area contributed by atoms with E-state index in [2.05, 4.69) is 37.6 Å². The lowest BCUT2D eigenvalue weighted by molar-refractivity contribution is 0.805. The van der Waals surface area contributed by atoms with Gasteiger partial charge in [0, 0.05) is 22.3 Å². The average molecular weight is 328 g/mol. The van der Waals surface area contributed by atoms with E-state index in [9.17, 15) is 0 Å². The Labute approximate surface area is 126 Å². The summed E-state index contributed by atoms with van der Waals surface area (Å²) in [5, 5.41) is 0. The van der Waals surface area contributed by atoms with E-state index in [4.69, 9.17) is 5.73 Å². The molecule has 4 heteroatoms. The molecule has 0 atom stereocenters. The second-order valence-corrected chi connectivity index (χ2v) is 5.57. The first kappa shape index (κ1) is 12.9. The number of rotatable bonds is 3. The molecule has 3 rings (SSSR count). The Balaban J connectivity index is 1.92. The molecule has 2 aromatic carbocycles. The molecular weight excluding hydrogens is 314 g/mol. The Morgan fingerprint density at radius 1 is 1.10 bits per heavy atom. The molecule has 100 valence electrons. The molecule has 0 aliphatic carbocycles. The molecule has 0 saturated carbocycles. The number of anilines is 1. The molecule has 0 unspecified atom stereocenters. The fourth-order valence-electron chi connectivity index (χ4n) is 2.15. The number of halogens is 1. The maximum absolute atomic E-state index is 5.71. The minimum Gasteiger partial charge on any atom is -0.399 e. The van der Waals surface area contributed by atoms with Gasteiger partial charge in [0.1, 0.15) is 0 Å². The Kier molecular flexibility index (Phi) is 3.56. The summed E-state index contributed by atoms with van der Waals surface area (Å²) in [6, 6.07) is 16.2. The first-order valence-electron chi connectivity index (χ1n) is 6.33. The Morgan fingerprint density at radius 2 is 1.90 bits per heavy atom. The van der Waals surface area contributed by atoms with Crippen molar-refractivity contribution >= 4 is 21.6 Å². The molecule has 0 radical (unpaired) electrons. The highest BCUT2D eigenvalue weighted by Crippen LogP contribution is 2.23. The van der Waals surface area contributed by atoms with Gasteiger partial charge >= 0.3 is 0 Å². The number of hydrogen-bond acceptors (Lipinski definition) is 2. The van der Waals surface area contributed by atoms with Crippen LogP contribution in [0.1, 0.15) is 5.56 Å². The molecule has 0 fully saturated rings. The summed E-state index contributed by atoms with van der Waals surface area (Å²) in [7, 11) is 0. The lowest BCUT2D eigenvalue weighted by atomic mass is 10.1. The van der Waals surface area contributed by atoms with Crippen molar-refractivity contribution in [3.05, 3.63) is 71.1 Å². The van der Waals surface area contributed by atoms with Gasteiger partial charge in [-0.1, -0.05) is 40.2 Å². The van der Waals surface area contributed by atoms with Gasteiger partial charge in [-0.2, -0.15) is 0 Å². The molecule has 1 heterocycles. The van der Waals surface area contributed by atoms with E-state index in [-0.39, 0.29) is 0 Å². The number of benzene rings is 2. The van der Waals surface area contributed by atoms with E-state index < -0.39 is 0 Å². The summed E-state index contributed by atoms with van der Waals surface area (Å²) in [5.74, 6) is 0. The summed E-state index contributed by atoms with van der Waals surface area (Å²) in [6.45, 7) is 0.780. The minimum atomic E-state index is 0.780. The lowest BCUT2D eigenvalue weighted by Gasteiger charge is -2.09. The van der Waals surface area contributed by atoms with E-state index in [0.717, 1.165) is 28.0 Å². The van der Waals surface area contributed by atoms with Crippen molar-refractivity contribution in [1.82, 2.24) is 9.55 Å². The monoisotopic (exact) mass is 327 g/mol. The number of aromatic nitrogens is 2. The van der Waals surface area contributed by atoms with Crippen molar-refractivity contribution in [3.8, 4) is 11.3 Å². The fraction of sp³-hybridized carbons (Fsp3) is 0.0625. The van der Waals surface area contributed by atoms with Crippen molar-refractivity contribution in [2.75, 3.05) is 5.73 Å². The fourth-order valence-corrected chi connectivity index (χ4v) is 2.55. The molecule has 0 spiro atoms. The maximum Gasteiger partial charge on any atom is 0.0954 e. The molecule has 20 heavy (non-hydrogen) atoms. The number of imidazole rings is 1. The lowest BCUT2D eigenvalue weighted by Crippen LogP contribution is -2.00. The zero-order valence-corrected chi connectivity index (χ0v) is 12.4. The van der Waals surface area contributed by atoms with Crippen LogP contribution in [0.3, 0.4) is 0 Å². The first-order chi connectivity index (χ1) is 9.72. The largest absolute Gasteiger partial charge is 0.399 e. The first-order valence-corrected chi connectivity index (χ1v) is 7.12. The molecule has 3 aromatic rings. The average Bonchev–Trinajstić information content (AvgIpc) is 2.89. The summed E-state index contributed by atoms with van der Waals surface area (Å²) >= 11 is 3.50. The van der Waals surface area contributed by atoms with Crippen LogP contribution in [-0.4, -0.2) is 9.55 Å². The highest BCUT2D eigenvalue weighted by molar-refractivity contribution is 9.10. The zero-order valence-electron chi connectivity index (χ0n) is 10.8. The van der Waals surface area contributed by atoms with Crippen molar-refractivity contribution in [2.45, 2.75) is 6.54 Å². The Bertz CT molecular complexity index is 717. The summed E-state index contributed by atoms with van der Waals surface area (Å²) in [6.07, 6.45) is 3.74. The third-order valence-corrected chi connectivity index (χ3v) is 3.66. The van der Waals surface area contributed by atoms with E-state index >= 15 is 0 Å². The van der Waals surface area contributed by atoms with Crippen LogP contribution in [0.4, 0.5) is 5.69 Å².